The molecular formula is C22H30N4O+2. The molecule has 0 atom stereocenters. The highest BCUT2D eigenvalue weighted by molar-refractivity contribution is 5.63. The predicted octanol–water partition coefficient (Wildman–Crippen LogP) is 0.815. The quantitative estimate of drug-likeness (QED) is 0.551. The molecule has 3 N–H and O–H groups in total. The summed E-state index contributed by atoms with van der Waals surface area (Å²) in [5, 5.41) is 7.26. The minimum absolute atomic E-state index is 0.784. The van der Waals surface area contributed by atoms with Gasteiger partial charge < -0.3 is 15.0 Å². The molecule has 5 heteroatoms. The van der Waals surface area contributed by atoms with E-state index in [9.17, 15) is 0 Å². The van der Waals surface area contributed by atoms with E-state index in [-0.39, 0.29) is 0 Å². The van der Waals surface area contributed by atoms with E-state index in [4.69, 9.17) is 9.84 Å². The number of methoxy groups -OCH3 is 1. The number of quaternary nitrogens is 2. The highest BCUT2D eigenvalue weighted by Crippen LogP contribution is 2.24. The number of ether oxygens (including phenoxy) is 1. The van der Waals surface area contributed by atoms with Crippen molar-refractivity contribution in [3.63, 3.8) is 0 Å². The largest absolute Gasteiger partial charge is 0.497 e. The van der Waals surface area contributed by atoms with Gasteiger partial charge in [-0.3, -0.25) is 4.68 Å². The fourth-order valence-corrected chi connectivity index (χ4v) is 3.10. The van der Waals surface area contributed by atoms with Crippen LogP contribution in [0.2, 0.25) is 0 Å². The van der Waals surface area contributed by atoms with Gasteiger partial charge in [-0.05, 0) is 29.8 Å². The van der Waals surface area contributed by atoms with E-state index in [1.54, 1.807) is 7.11 Å². The molecule has 2 aromatic carbocycles. The van der Waals surface area contributed by atoms with Gasteiger partial charge >= 0.3 is 0 Å². The SMILES string of the molecule is COc1ccc(-c2nn(Cc3ccccc3)cc2C[NH2+]CC[NH+](C)C)cc1. The lowest BCUT2D eigenvalue weighted by molar-refractivity contribution is -0.875. The summed E-state index contributed by atoms with van der Waals surface area (Å²) in [5.41, 5.74) is 4.71. The van der Waals surface area contributed by atoms with E-state index < -0.39 is 0 Å². The van der Waals surface area contributed by atoms with Crippen molar-refractivity contribution in [1.29, 1.82) is 0 Å². The molecule has 0 fully saturated rings. The lowest BCUT2D eigenvalue weighted by atomic mass is 10.1. The molecule has 0 spiro atoms. The van der Waals surface area contributed by atoms with E-state index in [2.05, 4.69) is 66.7 Å². The Hall–Kier alpha value is -2.63. The molecule has 0 amide bonds. The van der Waals surface area contributed by atoms with Gasteiger partial charge in [-0.25, -0.2) is 0 Å². The number of aromatic nitrogens is 2. The number of hydrogen-bond donors (Lipinski definition) is 2. The van der Waals surface area contributed by atoms with E-state index in [1.807, 2.05) is 18.2 Å². The van der Waals surface area contributed by atoms with Gasteiger partial charge in [-0.15, -0.1) is 0 Å². The molecule has 0 radical (unpaired) electrons. The van der Waals surface area contributed by atoms with Gasteiger partial charge in [-0.1, -0.05) is 30.3 Å². The third-order valence-corrected chi connectivity index (χ3v) is 4.60. The number of likely N-dealkylation sites (N-methyl/N-ethyl adjacent to an activating group) is 1. The zero-order chi connectivity index (χ0) is 19.1. The summed E-state index contributed by atoms with van der Waals surface area (Å²) in [5.74, 6) is 0.865. The van der Waals surface area contributed by atoms with Crippen molar-refractivity contribution >= 4 is 0 Å². The Kier molecular flexibility index (Phi) is 6.63. The molecule has 0 aliphatic rings. The van der Waals surface area contributed by atoms with E-state index in [0.717, 1.165) is 43.2 Å². The third kappa shape index (κ3) is 5.42. The molecular weight excluding hydrogens is 336 g/mol. The summed E-state index contributed by atoms with van der Waals surface area (Å²) in [4.78, 5) is 1.47. The first kappa shape index (κ1) is 19.1. The average molecular weight is 367 g/mol. The van der Waals surface area contributed by atoms with Crippen molar-refractivity contribution in [2.75, 3.05) is 34.3 Å². The highest BCUT2D eigenvalue weighted by Gasteiger charge is 2.13. The molecule has 1 heterocycles. The molecule has 1 aromatic heterocycles. The van der Waals surface area contributed by atoms with Crippen LogP contribution in [-0.4, -0.2) is 44.1 Å². The Bertz CT molecular complexity index is 825. The Labute approximate surface area is 161 Å². The number of benzene rings is 2. The third-order valence-electron chi connectivity index (χ3n) is 4.60. The average Bonchev–Trinajstić information content (AvgIpc) is 3.08. The van der Waals surface area contributed by atoms with Crippen LogP contribution in [0, 0.1) is 0 Å². The van der Waals surface area contributed by atoms with Crippen LogP contribution in [0.4, 0.5) is 0 Å². The maximum atomic E-state index is 5.29. The Morgan fingerprint density at radius 3 is 2.44 bits per heavy atom. The highest BCUT2D eigenvalue weighted by atomic mass is 16.5. The molecule has 0 aliphatic carbocycles. The lowest BCUT2D eigenvalue weighted by Gasteiger charge is -2.06. The molecule has 0 saturated heterocycles. The summed E-state index contributed by atoms with van der Waals surface area (Å²) in [6.07, 6.45) is 2.19. The van der Waals surface area contributed by atoms with Crippen LogP contribution in [0.25, 0.3) is 11.3 Å². The molecule has 3 rings (SSSR count). The van der Waals surface area contributed by atoms with Crippen molar-refractivity contribution in [3.05, 3.63) is 71.9 Å². The predicted molar refractivity (Wildman–Crippen MR) is 108 cm³/mol. The second-order valence-electron chi connectivity index (χ2n) is 7.15. The topological polar surface area (TPSA) is 48.1 Å². The van der Waals surface area contributed by atoms with Crippen LogP contribution in [0.3, 0.4) is 0 Å². The maximum Gasteiger partial charge on any atom is 0.126 e. The molecule has 0 unspecified atom stereocenters. The van der Waals surface area contributed by atoms with E-state index >= 15 is 0 Å². The first-order valence-corrected chi connectivity index (χ1v) is 9.51. The Morgan fingerprint density at radius 1 is 1.04 bits per heavy atom. The van der Waals surface area contributed by atoms with Gasteiger partial charge in [0.2, 0.25) is 0 Å². The van der Waals surface area contributed by atoms with Gasteiger partial charge in [0.25, 0.3) is 0 Å². The molecule has 5 nitrogen and oxygen atoms in total. The first-order chi connectivity index (χ1) is 13.2. The van der Waals surface area contributed by atoms with Gasteiger partial charge in [-0.2, -0.15) is 5.10 Å². The molecule has 3 aromatic rings. The van der Waals surface area contributed by atoms with Crippen LogP contribution in [0.5, 0.6) is 5.75 Å². The fraction of sp³-hybridized carbons (Fsp3) is 0.318. The summed E-state index contributed by atoms with van der Waals surface area (Å²) in [6, 6.07) is 18.6. The summed E-state index contributed by atoms with van der Waals surface area (Å²) >= 11 is 0. The van der Waals surface area contributed by atoms with Crippen LogP contribution in [-0.2, 0) is 13.1 Å². The minimum atomic E-state index is 0.784. The lowest BCUT2D eigenvalue weighted by Crippen LogP contribution is -3.09. The zero-order valence-corrected chi connectivity index (χ0v) is 16.5. The Morgan fingerprint density at radius 2 is 1.78 bits per heavy atom. The van der Waals surface area contributed by atoms with Crippen LogP contribution in [0.15, 0.2) is 60.8 Å². The standard InChI is InChI=1S/C22H28N4O/c1-25(2)14-13-23-15-20-17-26(16-18-7-5-4-6-8-18)24-22(20)19-9-11-21(27-3)12-10-19/h4-12,17,23H,13-16H2,1-3H3/p+2. The normalized spacial score (nSPS) is 11.1. The number of nitrogens with zero attached hydrogens (tertiary/aromatic N) is 2. The van der Waals surface area contributed by atoms with Crippen molar-refractivity contribution in [1.82, 2.24) is 9.78 Å². The monoisotopic (exact) mass is 366 g/mol. The molecule has 0 saturated carbocycles. The number of nitrogens with one attached hydrogen (secondary N) is 1. The van der Waals surface area contributed by atoms with Crippen LogP contribution >= 0.6 is 0 Å². The summed E-state index contributed by atoms with van der Waals surface area (Å²) in [7, 11) is 6.07. The van der Waals surface area contributed by atoms with Crippen molar-refractivity contribution in [2.45, 2.75) is 13.1 Å². The molecule has 27 heavy (non-hydrogen) atoms. The summed E-state index contributed by atoms with van der Waals surface area (Å²) in [6.45, 7) is 3.97. The van der Waals surface area contributed by atoms with Crippen LogP contribution < -0.4 is 15.0 Å². The van der Waals surface area contributed by atoms with E-state index in [0.29, 0.717) is 0 Å². The fourth-order valence-electron chi connectivity index (χ4n) is 3.10. The Balaban J connectivity index is 1.81. The minimum Gasteiger partial charge on any atom is -0.497 e. The van der Waals surface area contributed by atoms with Gasteiger partial charge in [0.1, 0.15) is 31.1 Å². The first-order valence-electron chi connectivity index (χ1n) is 9.51. The van der Waals surface area contributed by atoms with Gasteiger partial charge in [0, 0.05) is 11.8 Å². The number of rotatable bonds is 9. The van der Waals surface area contributed by atoms with Crippen molar-refractivity contribution in [3.8, 4) is 17.0 Å². The molecule has 142 valence electrons. The van der Waals surface area contributed by atoms with Crippen molar-refractivity contribution < 1.29 is 15.0 Å². The smallest absolute Gasteiger partial charge is 0.126 e. The van der Waals surface area contributed by atoms with Gasteiger partial charge in [0.05, 0.1) is 33.3 Å². The van der Waals surface area contributed by atoms with Crippen LogP contribution in [0.1, 0.15) is 11.1 Å². The number of hydrogen-bond acceptors (Lipinski definition) is 2. The molecule has 0 bridgehead atoms. The second-order valence-corrected chi connectivity index (χ2v) is 7.15. The zero-order valence-electron chi connectivity index (χ0n) is 16.5. The number of nitrogens with two attached hydrogens (primary N) is 1. The summed E-state index contributed by atoms with van der Waals surface area (Å²) < 4.78 is 7.34. The van der Waals surface area contributed by atoms with E-state index in [1.165, 1.54) is 16.0 Å². The van der Waals surface area contributed by atoms with Crippen molar-refractivity contribution in [2.24, 2.45) is 0 Å². The molecule has 0 aliphatic heterocycles. The maximum absolute atomic E-state index is 5.29. The van der Waals surface area contributed by atoms with Gasteiger partial charge in [0.15, 0.2) is 0 Å². The second kappa shape index (κ2) is 9.35.